The van der Waals surface area contributed by atoms with Crippen molar-refractivity contribution >= 4 is 0 Å². The van der Waals surface area contributed by atoms with E-state index in [1.54, 1.807) is 14.2 Å². The summed E-state index contributed by atoms with van der Waals surface area (Å²) in [5.74, 6) is -1.27. The van der Waals surface area contributed by atoms with E-state index in [9.17, 15) is 8.78 Å². The quantitative estimate of drug-likeness (QED) is 0.886. The Hall–Kier alpha value is -2.14. The van der Waals surface area contributed by atoms with E-state index in [4.69, 9.17) is 9.47 Å². The number of likely N-dealkylation sites (N-methyl/N-ethyl adjacent to an activating group) is 1. The fraction of sp³-hybridized carbons (Fsp3) is 0.250. The molecule has 0 fully saturated rings. The molecule has 2 aromatic rings. The molecule has 0 spiro atoms. The fourth-order valence-electron chi connectivity index (χ4n) is 1.97. The van der Waals surface area contributed by atoms with Gasteiger partial charge in [0.2, 0.25) is 5.82 Å². The maximum atomic E-state index is 13.5. The molecule has 0 radical (unpaired) electrons. The number of methoxy groups -OCH3 is 1. The van der Waals surface area contributed by atoms with Crippen LogP contribution in [0.2, 0.25) is 0 Å². The van der Waals surface area contributed by atoms with E-state index in [0.717, 1.165) is 17.4 Å². The molecule has 21 heavy (non-hydrogen) atoms. The molecule has 2 rings (SSSR count). The predicted octanol–water partition coefficient (Wildman–Crippen LogP) is 3.31. The molecule has 0 aromatic heterocycles. The van der Waals surface area contributed by atoms with Gasteiger partial charge in [-0.25, -0.2) is 4.39 Å². The first-order chi connectivity index (χ1) is 10.2. The van der Waals surface area contributed by atoms with Crippen molar-refractivity contribution < 1.29 is 18.3 Å². The van der Waals surface area contributed by atoms with E-state index in [1.165, 1.54) is 12.1 Å². The highest BCUT2D eigenvalue weighted by atomic mass is 19.2. The number of nitrogens with one attached hydrogen (secondary N) is 1. The van der Waals surface area contributed by atoms with Gasteiger partial charge in [-0.1, -0.05) is 18.2 Å². The highest BCUT2D eigenvalue weighted by Gasteiger charge is 2.14. The van der Waals surface area contributed by atoms with Crippen LogP contribution in [0.5, 0.6) is 11.5 Å². The molecule has 5 heteroatoms. The molecular formula is C16H17F2NO2. The summed E-state index contributed by atoms with van der Waals surface area (Å²) >= 11 is 0. The van der Waals surface area contributed by atoms with Gasteiger partial charge in [-0.15, -0.1) is 0 Å². The standard InChI is InChI=1S/C16H17F2NO2/c1-19-14(11-5-3-6-12(9-11)20-2)10-21-15-8-4-7-13(17)16(15)18/h3-9,14,19H,10H2,1-2H3. The second kappa shape index (κ2) is 7.04. The van der Waals surface area contributed by atoms with Gasteiger partial charge in [0.05, 0.1) is 13.2 Å². The Labute approximate surface area is 122 Å². The van der Waals surface area contributed by atoms with E-state index >= 15 is 0 Å². The number of rotatable bonds is 6. The van der Waals surface area contributed by atoms with Gasteiger partial charge < -0.3 is 14.8 Å². The first-order valence-corrected chi connectivity index (χ1v) is 6.53. The van der Waals surface area contributed by atoms with Gasteiger partial charge in [0.15, 0.2) is 11.6 Å². The first kappa shape index (κ1) is 15.3. The molecule has 0 aliphatic heterocycles. The zero-order valence-electron chi connectivity index (χ0n) is 11.9. The Bertz CT molecular complexity index is 605. The van der Waals surface area contributed by atoms with Crippen molar-refractivity contribution in [3.05, 3.63) is 59.7 Å². The minimum atomic E-state index is -0.974. The summed E-state index contributed by atoms with van der Waals surface area (Å²) in [7, 11) is 3.36. The SMILES string of the molecule is CNC(COc1cccc(F)c1F)c1cccc(OC)c1. The fourth-order valence-corrected chi connectivity index (χ4v) is 1.97. The van der Waals surface area contributed by atoms with Gasteiger partial charge in [0.25, 0.3) is 0 Å². The molecule has 0 saturated heterocycles. The summed E-state index contributed by atoms with van der Waals surface area (Å²) in [6.07, 6.45) is 0. The minimum Gasteiger partial charge on any atom is -0.497 e. The van der Waals surface area contributed by atoms with E-state index < -0.39 is 11.6 Å². The molecule has 3 nitrogen and oxygen atoms in total. The van der Waals surface area contributed by atoms with Crippen molar-refractivity contribution in [2.45, 2.75) is 6.04 Å². The van der Waals surface area contributed by atoms with Crippen molar-refractivity contribution in [3.8, 4) is 11.5 Å². The molecule has 1 atom stereocenters. The second-order valence-corrected chi connectivity index (χ2v) is 4.48. The largest absolute Gasteiger partial charge is 0.497 e. The number of hydrogen-bond acceptors (Lipinski definition) is 3. The number of ether oxygens (including phenoxy) is 2. The molecule has 1 N–H and O–H groups in total. The molecule has 1 unspecified atom stereocenters. The Morgan fingerprint density at radius 3 is 2.62 bits per heavy atom. The topological polar surface area (TPSA) is 30.5 Å². The Morgan fingerprint density at radius 2 is 1.90 bits per heavy atom. The van der Waals surface area contributed by atoms with Gasteiger partial charge in [-0.3, -0.25) is 0 Å². The highest BCUT2D eigenvalue weighted by Crippen LogP contribution is 2.23. The normalized spacial score (nSPS) is 12.0. The van der Waals surface area contributed by atoms with Crippen molar-refractivity contribution in [1.82, 2.24) is 5.32 Å². The van der Waals surface area contributed by atoms with Crippen molar-refractivity contribution in [2.75, 3.05) is 20.8 Å². The molecule has 0 amide bonds. The number of halogens is 2. The van der Waals surface area contributed by atoms with Crippen molar-refractivity contribution in [3.63, 3.8) is 0 Å². The summed E-state index contributed by atoms with van der Waals surface area (Å²) in [5.41, 5.74) is 0.939. The van der Waals surface area contributed by atoms with E-state index in [2.05, 4.69) is 5.32 Å². The lowest BCUT2D eigenvalue weighted by atomic mass is 10.1. The number of hydrogen-bond donors (Lipinski definition) is 1. The Balaban J connectivity index is 2.10. The van der Waals surface area contributed by atoms with Crippen LogP contribution in [0, 0.1) is 11.6 Å². The lowest BCUT2D eigenvalue weighted by Crippen LogP contribution is -2.23. The van der Waals surface area contributed by atoms with Crippen LogP contribution >= 0.6 is 0 Å². The van der Waals surface area contributed by atoms with E-state index in [-0.39, 0.29) is 18.4 Å². The third kappa shape index (κ3) is 3.70. The first-order valence-electron chi connectivity index (χ1n) is 6.53. The van der Waals surface area contributed by atoms with Gasteiger partial charge in [0.1, 0.15) is 12.4 Å². The van der Waals surface area contributed by atoms with Crippen molar-refractivity contribution in [1.29, 1.82) is 0 Å². The Kier molecular flexibility index (Phi) is 5.11. The van der Waals surface area contributed by atoms with Crippen LogP contribution in [0.15, 0.2) is 42.5 Å². The lowest BCUT2D eigenvalue weighted by molar-refractivity contribution is 0.257. The summed E-state index contributed by atoms with van der Waals surface area (Å²) in [6, 6.07) is 11.2. The van der Waals surface area contributed by atoms with Gasteiger partial charge in [-0.2, -0.15) is 4.39 Å². The molecule has 0 aliphatic rings. The second-order valence-electron chi connectivity index (χ2n) is 4.48. The van der Waals surface area contributed by atoms with Gasteiger partial charge >= 0.3 is 0 Å². The summed E-state index contributed by atoms with van der Waals surface area (Å²) in [5, 5.41) is 3.08. The monoisotopic (exact) mass is 293 g/mol. The van der Waals surface area contributed by atoms with E-state index in [0.29, 0.717) is 0 Å². The zero-order valence-corrected chi connectivity index (χ0v) is 11.9. The smallest absolute Gasteiger partial charge is 0.200 e. The summed E-state index contributed by atoms with van der Waals surface area (Å²) in [4.78, 5) is 0. The minimum absolute atomic E-state index is 0.0989. The molecular weight excluding hydrogens is 276 g/mol. The summed E-state index contributed by atoms with van der Waals surface area (Å²) in [6.45, 7) is 0.171. The zero-order chi connectivity index (χ0) is 15.2. The average molecular weight is 293 g/mol. The molecule has 0 saturated carbocycles. The van der Waals surface area contributed by atoms with Crippen LogP contribution in [0.25, 0.3) is 0 Å². The molecule has 0 heterocycles. The van der Waals surface area contributed by atoms with Crippen LogP contribution in [0.1, 0.15) is 11.6 Å². The molecule has 112 valence electrons. The number of benzene rings is 2. The third-order valence-electron chi connectivity index (χ3n) is 3.17. The van der Waals surface area contributed by atoms with Crippen LogP contribution in [-0.2, 0) is 0 Å². The van der Waals surface area contributed by atoms with Gasteiger partial charge in [-0.05, 0) is 36.9 Å². The van der Waals surface area contributed by atoms with E-state index in [1.807, 2.05) is 24.3 Å². The van der Waals surface area contributed by atoms with Crippen LogP contribution in [0.3, 0.4) is 0 Å². The summed E-state index contributed by atoms with van der Waals surface area (Å²) < 4.78 is 37.2. The molecule has 0 bridgehead atoms. The Morgan fingerprint density at radius 1 is 1.14 bits per heavy atom. The average Bonchev–Trinajstić information content (AvgIpc) is 2.52. The van der Waals surface area contributed by atoms with Crippen molar-refractivity contribution in [2.24, 2.45) is 0 Å². The maximum absolute atomic E-state index is 13.5. The maximum Gasteiger partial charge on any atom is 0.200 e. The van der Waals surface area contributed by atoms with Crippen LogP contribution in [-0.4, -0.2) is 20.8 Å². The lowest BCUT2D eigenvalue weighted by Gasteiger charge is -2.18. The molecule has 2 aromatic carbocycles. The van der Waals surface area contributed by atoms with Gasteiger partial charge in [0, 0.05) is 0 Å². The highest BCUT2D eigenvalue weighted by molar-refractivity contribution is 5.31. The van der Waals surface area contributed by atoms with Crippen LogP contribution in [0.4, 0.5) is 8.78 Å². The third-order valence-corrected chi connectivity index (χ3v) is 3.17. The molecule has 0 aliphatic carbocycles. The predicted molar refractivity (Wildman–Crippen MR) is 76.6 cm³/mol. The van der Waals surface area contributed by atoms with Crippen LogP contribution < -0.4 is 14.8 Å².